The lowest BCUT2D eigenvalue weighted by Crippen LogP contribution is -2.58. The second kappa shape index (κ2) is 14.1. The van der Waals surface area contributed by atoms with E-state index in [0.717, 1.165) is 0 Å². The summed E-state index contributed by atoms with van der Waals surface area (Å²) in [4.78, 5) is 49.5. The van der Waals surface area contributed by atoms with Crippen LogP contribution in [0, 0.1) is 17.8 Å². The normalized spacial score (nSPS) is 16.2. The number of aliphatic hydroxyl groups excluding tert-OH is 1. The molecule has 0 radical (unpaired) electrons. The first-order chi connectivity index (χ1) is 14.6. The molecule has 10 heteroatoms. The number of nitrogens with two attached hydrogens (primary N) is 1. The molecule has 7 N–H and O–H groups in total. The van der Waals surface area contributed by atoms with Gasteiger partial charge in [-0.15, -0.1) is 0 Å². The molecular formula is C22H42N4O6. The summed E-state index contributed by atoms with van der Waals surface area (Å²) in [5, 5.41) is 26.5. The summed E-state index contributed by atoms with van der Waals surface area (Å²) < 4.78 is 0. The van der Waals surface area contributed by atoms with E-state index in [1.165, 1.54) is 6.92 Å². The molecule has 0 aliphatic heterocycles. The van der Waals surface area contributed by atoms with Crippen molar-refractivity contribution in [2.24, 2.45) is 23.5 Å². The molecule has 32 heavy (non-hydrogen) atoms. The molecule has 5 atom stereocenters. The third kappa shape index (κ3) is 11.4. The lowest BCUT2D eigenvalue weighted by atomic mass is 9.98. The zero-order valence-corrected chi connectivity index (χ0v) is 20.3. The first kappa shape index (κ1) is 29.8. The largest absolute Gasteiger partial charge is 0.480 e. The van der Waals surface area contributed by atoms with Gasteiger partial charge in [0.05, 0.1) is 12.1 Å². The summed E-state index contributed by atoms with van der Waals surface area (Å²) >= 11 is 0. The minimum Gasteiger partial charge on any atom is -0.480 e. The van der Waals surface area contributed by atoms with E-state index in [1.54, 1.807) is 0 Å². The fraction of sp³-hybridized carbons (Fsp3) is 0.818. The maximum absolute atomic E-state index is 13.0. The van der Waals surface area contributed by atoms with Gasteiger partial charge < -0.3 is 31.9 Å². The third-order valence-electron chi connectivity index (χ3n) is 4.79. The van der Waals surface area contributed by atoms with E-state index in [1.807, 2.05) is 41.5 Å². The Hall–Kier alpha value is -2.20. The van der Waals surface area contributed by atoms with Crippen LogP contribution < -0.4 is 21.7 Å². The van der Waals surface area contributed by atoms with Gasteiger partial charge in [-0.1, -0.05) is 41.5 Å². The average molecular weight is 459 g/mol. The average Bonchev–Trinajstić information content (AvgIpc) is 2.62. The summed E-state index contributed by atoms with van der Waals surface area (Å²) in [6.45, 7) is 12.7. The number of aliphatic carboxylic acids is 1. The maximum Gasteiger partial charge on any atom is 0.328 e. The van der Waals surface area contributed by atoms with Crippen LogP contribution in [0.5, 0.6) is 0 Å². The van der Waals surface area contributed by atoms with Gasteiger partial charge >= 0.3 is 5.97 Å². The number of amides is 3. The molecule has 0 saturated heterocycles. The highest BCUT2D eigenvalue weighted by molar-refractivity contribution is 5.94. The van der Waals surface area contributed by atoms with Gasteiger partial charge in [-0.25, -0.2) is 4.79 Å². The maximum atomic E-state index is 13.0. The van der Waals surface area contributed by atoms with Gasteiger partial charge in [0.1, 0.15) is 12.1 Å². The first-order valence-electron chi connectivity index (χ1n) is 11.2. The number of carboxylic acid groups (broad SMARTS) is 1. The van der Waals surface area contributed by atoms with Gasteiger partial charge in [-0.2, -0.15) is 0 Å². The van der Waals surface area contributed by atoms with Crippen LogP contribution in [-0.2, 0) is 19.2 Å². The number of hydrogen-bond acceptors (Lipinski definition) is 6. The zero-order chi connectivity index (χ0) is 25.2. The minimum atomic E-state index is -1.51. The Balaban J connectivity index is 5.49. The molecule has 0 aromatic carbocycles. The van der Waals surface area contributed by atoms with Gasteiger partial charge in [-0.05, 0) is 43.9 Å². The van der Waals surface area contributed by atoms with Crippen LogP contribution >= 0.6 is 0 Å². The van der Waals surface area contributed by atoms with Crippen molar-refractivity contribution in [2.45, 2.75) is 98.0 Å². The van der Waals surface area contributed by atoms with Gasteiger partial charge in [-0.3, -0.25) is 14.4 Å². The van der Waals surface area contributed by atoms with E-state index >= 15 is 0 Å². The SMILES string of the molecule is CC(C)CC(N)C(=O)NC(CC(C)C)C(=O)NC(CC(C)C)C(=O)NC(C(=O)O)C(C)O. The number of aliphatic hydroxyl groups is 1. The van der Waals surface area contributed by atoms with E-state index in [-0.39, 0.29) is 24.2 Å². The second-order valence-corrected chi connectivity index (χ2v) is 9.68. The van der Waals surface area contributed by atoms with Gasteiger partial charge in [0.25, 0.3) is 0 Å². The van der Waals surface area contributed by atoms with E-state index in [4.69, 9.17) is 5.73 Å². The van der Waals surface area contributed by atoms with Crippen LogP contribution in [0.4, 0.5) is 0 Å². The number of carboxylic acids is 1. The van der Waals surface area contributed by atoms with Crippen LogP contribution in [0.15, 0.2) is 0 Å². The number of carbonyl (C=O) groups excluding carboxylic acids is 3. The Morgan fingerprint density at radius 1 is 0.688 bits per heavy atom. The van der Waals surface area contributed by atoms with Crippen LogP contribution in [-0.4, -0.2) is 64.2 Å². The van der Waals surface area contributed by atoms with Crippen LogP contribution in [0.1, 0.15) is 67.7 Å². The highest BCUT2D eigenvalue weighted by Crippen LogP contribution is 2.10. The molecule has 0 aliphatic carbocycles. The van der Waals surface area contributed by atoms with Crippen molar-refractivity contribution in [1.29, 1.82) is 0 Å². The lowest BCUT2D eigenvalue weighted by Gasteiger charge is -2.27. The van der Waals surface area contributed by atoms with E-state index in [2.05, 4.69) is 16.0 Å². The number of rotatable bonds is 14. The fourth-order valence-electron chi connectivity index (χ4n) is 3.21. The Morgan fingerprint density at radius 3 is 1.41 bits per heavy atom. The highest BCUT2D eigenvalue weighted by atomic mass is 16.4. The molecule has 3 amide bonds. The Morgan fingerprint density at radius 2 is 1.06 bits per heavy atom. The molecule has 0 fully saturated rings. The Kier molecular flexibility index (Phi) is 13.1. The first-order valence-corrected chi connectivity index (χ1v) is 11.2. The topological polar surface area (TPSA) is 171 Å². The molecule has 0 aromatic rings. The second-order valence-electron chi connectivity index (χ2n) is 9.68. The molecule has 0 rings (SSSR count). The number of carbonyl (C=O) groups is 4. The molecule has 186 valence electrons. The molecule has 0 aromatic heterocycles. The molecule has 0 aliphatic rings. The van der Waals surface area contributed by atoms with Gasteiger partial charge in [0, 0.05) is 0 Å². The summed E-state index contributed by atoms with van der Waals surface area (Å²) in [6, 6.07) is -4.18. The summed E-state index contributed by atoms with van der Waals surface area (Å²) in [5.74, 6) is -2.78. The van der Waals surface area contributed by atoms with E-state index in [0.29, 0.717) is 12.8 Å². The van der Waals surface area contributed by atoms with Crippen LogP contribution in [0.3, 0.4) is 0 Å². The predicted octanol–water partition coefficient (Wildman–Crippen LogP) is 0.372. The summed E-state index contributed by atoms with van der Waals surface area (Å²) in [7, 11) is 0. The van der Waals surface area contributed by atoms with E-state index < -0.39 is 54.0 Å². The molecule has 0 spiro atoms. The molecule has 0 heterocycles. The highest BCUT2D eigenvalue weighted by Gasteiger charge is 2.32. The van der Waals surface area contributed by atoms with Crippen LogP contribution in [0.25, 0.3) is 0 Å². The Bertz CT molecular complexity index is 636. The minimum absolute atomic E-state index is 0.0125. The Labute approximate surface area is 191 Å². The molecule has 10 nitrogen and oxygen atoms in total. The molecule has 0 bridgehead atoms. The standard InChI is InChI=1S/C22H42N4O6/c1-11(2)8-15(23)19(28)24-16(9-12(3)4)20(29)25-17(10-13(5)6)21(30)26-18(14(7)27)22(31)32/h11-18,27H,8-10,23H2,1-7H3,(H,24,28)(H,25,29)(H,26,30)(H,31,32). The summed E-state index contributed by atoms with van der Waals surface area (Å²) in [5.41, 5.74) is 5.94. The van der Waals surface area contributed by atoms with Crippen molar-refractivity contribution in [3.63, 3.8) is 0 Å². The van der Waals surface area contributed by atoms with Crippen molar-refractivity contribution >= 4 is 23.7 Å². The molecule has 5 unspecified atom stereocenters. The van der Waals surface area contributed by atoms with Crippen molar-refractivity contribution in [3.05, 3.63) is 0 Å². The quantitative estimate of drug-likeness (QED) is 0.218. The fourth-order valence-corrected chi connectivity index (χ4v) is 3.21. The van der Waals surface area contributed by atoms with Gasteiger partial charge in [0.15, 0.2) is 6.04 Å². The van der Waals surface area contributed by atoms with Crippen molar-refractivity contribution < 1.29 is 29.4 Å². The monoisotopic (exact) mass is 458 g/mol. The van der Waals surface area contributed by atoms with Crippen molar-refractivity contribution in [2.75, 3.05) is 0 Å². The van der Waals surface area contributed by atoms with Gasteiger partial charge in [0.2, 0.25) is 17.7 Å². The number of nitrogens with one attached hydrogen (secondary N) is 3. The predicted molar refractivity (Wildman–Crippen MR) is 121 cm³/mol. The summed E-state index contributed by atoms with van der Waals surface area (Å²) in [6.07, 6.45) is -0.259. The molecular weight excluding hydrogens is 416 g/mol. The third-order valence-corrected chi connectivity index (χ3v) is 4.79. The van der Waals surface area contributed by atoms with Crippen molar-refractivity contribution in [3.8, 4) is 0 Å². The van der Waals surface area contributed by atoms with Crippen LogP contribution in [0.2, 0.25) is 0 Å². The van der Waals surface area contributed by atoms with Crippen molar-refractivity contribution in [1.82, 2.24) is 16.0 Å². The lowest BCUT2D eigenvalue weighted by molar-refractivity contribution is -0.145. The van der Waals surface area contributed by atoms with E-state index in [9.17, 15) is 29.4 Å². The number of hydrogen-bond donors (Lipinski definition) is 6. The zero-order valence-electron chi connectivity index (χ0n) is 20.3. The molecule has 0 saturated carbocycles. The smallest absolute Gasteiger partial charge is 0.328 e.